The summed E-state index contributed by atoms with van der Waals surface area (Å²) in [6.07, 6.45) is 8.64. The molecule has 0 saturated heterocycles. The van der Waals surface area contributed by atoms with Gasteiger partial charge in [0.05, 0.1) is 23.3 Å². The Bertz CT molecular complexity index is 366. The number of aliphatic imine (C=N–C) groups is 1. The van der Waals surface area contributed by atoms with Crippen LogP contribution in [-0.4, -0.2) is 18.2 Å². The Kier molecular flexibility index (Phi) is 2.08. The molecule has 1 aliphatic rings. The molecule has 0 bridgehead atoms. The highest BCUT2D eigenvalue weighted by Gasteiger charge is 2.01. The SMILES string of the molecule is CNc1cnc2c(c1)N=CCC=C2. The third kappa shape index (κ3) is 1.59. The van der Waals surface area contributed by atoms with Gasteiger partial charge in [-0.1, -0.05) is 6.08 Å². The average molecular weight is 173 g/mol. The van der Waals surface area contributed by atoms with Crippen LogP contribution >= 0.6 is 0 Å². The minimum Gasteiger partial charge on any atom is -0.387 e. The molecule has 1 aromatic heterocycles. The molecule has 0 spiro atoms. The number of aromatic nitrogens is 1. The Morgan fingerprint density at radius 2 is 2.38 bits per heavy atom. The lowest BCUT2D eigenvalue weighted by molar-refractivity contribution is 1.27. The fraction of sp³-hybridized carbons (Fsp3) is 0.200. The van der Waals surface area contributed by atoms with Crippen LogP contribution in [0.1, 0.15) is 12.1 Å². The minimum atomic E-state index is 0.880. The van der Waals surface area contributed by atoms with Crippen LogP contribution in [0.15, 0.2) is 23.3 Å². The van der Waals surface area contributed by atoms with Crippen molar-refractivity contribution in [1.82, 2.24) is 4.98 Å². The Balaban J connectivity index is 2.50. The van der Waals surface area contributed by atoms with E-state index < -0.39 is 0 Å². The molecule has 0 unspecified atom stereocenters. The van der Waals surface area contributed by atoms with Gasteiger partial charge in [-0.15, -0.1) is 0 Å². The molecular weight excluding hydrogens is 162 g/mol. The largest absolute Gasteiger partial charge is 0.387 e. The number of allylic oxidation sites excluding steroid dienone is 1. The fourth-order valence-electron chi connectivity index (χ4n) is 1.22. The quantitative estimate of drug-likeness (QED) is 0.707. The Labute approximate surface area is 77.2 Å². The molecule has 13 heavy (non-hydrogen) atoms. The smallest absolute Gasteiger partial charge is 0.0903 e. The summed E-state index contributed by atoms with van der Waals surface area (Å²) in [7, 11) is 1.87. The molecule has 66 valence electrons. The fourth-order valence-corrected chi connectivity index (χ4v) is 1.22. The van der Waals surface area contributed by atoms with Gasteiger partial charge in [0, 0.05) is 19.7 Å². The van der Waals surface area contributed by atoms with Crippen molar-refractivity contribution in [2.45, 2.75) is 6.42 Å². The van der Waals surface area contributed by atoms with Crippen molar-refractivity contribution in [3.05, 3.63) is 24.0 Å². The maximum Gasteiger partial charge on any atom is 0.0903 e. The molecule has 0 fully saturated rings. The van der Waals surface area contributed by atoms with Crippen molar-refractivity contribution in [3.8, 4) is 0 Å². The second kappa shape index (κ2) is 3.39. The van der Waals surface area contributed by atoms with Crippen LogP contribution in [0, 0.1) is 0 Å². The third-order valence-corrected chi connectivity index (χ3v) is 1.93. The molecule has 0 radical (unpaired) electrons. The molecule has 2 rings (SSSR count). The molecule has 1 aliphatic heterocycles. The highest BCUT2D eigenvalue weighted by Crippen LogP contribution is 2.23. The minimum absolute atomic E-state index is 0.880. The van der Waals surface area contributed by atoms with Gasteiger partial charge < -0.3 is 5.32 Å². The van der Waals surface area contributed by atoms with E-state index in [-0.39, 0.29) is 0 Å². The summed E-state index contributed by atoms with van der Waals surface area (Å²) < 4.78 is 0. The van der Waals surface area contributed by atoms with Gasteiger partial charge in [-0.2, -0.15) is 0 Å². The topological polar surface area (TPSA) is 37.3 Å². The van der Waals surface area contributed by atoms with Crippen LogP contribution in [0.2, 0.25) is 0 Å². The van der Waals surface area contributed by atoms with E-state index in [1.165, 1.54) is 0 Å². The lowest BCUT2D eigenvalue weighted by Gasteiger charge is -2.02. The highest BCUT2D eigenvalue weighted by molar-refractivity contribution is 5.75. The molecule has 3 heteroatoms. The predicted molar refractivity (Wildman–Crippen MR) is 55.6 cm³/mol. The maximum absolute atomic E-state index is 4.31. The first-order valence-corrected chi connectivity index (χ1v) is 4.27. The summed E-state index contributed by atoms with van der Waals surface area (Å²) in [5.41, 5.74) is 2.86. The van der Waals surface area contributed by atoms with Gasteiger partial charge in [-0.3, -0.25) is 9.98 Å². The normalized spacial score (nSPS) is 13.6. The molecule has 0 atom stereocenters. The Morgan fingerprint density at radius 3 is 3.23 bits per heavy atom. The van der Waals surface area contributed by atoms with Gasteiger partial charge in [-0.25, -0.2) is 0 Å². The first-order valence-electron chi connectivity index (χ1n) is 4.27. The highest BCUT2D eigenvalue weighted by atomic mass is 14.9. The summed E-state index contributed by atoms with van der Waals surface area (Å²) in [6.45, 7) is 0. The van der Waals surface area contributed by atoms with Crippen LogP contribution in [0.4, 0.5) is 11.4 Å². The van der Waals surface area contributed by atoms with Crippen molar-refractivity contribution in [2.24, 2.45) is 4.99 Å². The molecule has 1 aromatic rings. The van der Waals surface area contributed by atoms with Gasteiger partial charge in [0.2, 0.25) is 0 Å². The van der Waals surface area contributed by atoms with Crippen molar-refractivity contribution < 1.29 is 0 Å². The first kappa shape index (κ1) is 7.98. The number of nitrogens with zero attached hydrogens (tertiary/aromatic N) is 2. The van der Waals surface area contributed by atoms with Crippen molar-refractivity contribution in [3.63, 3.8) is 0 Å². The van der Waals surface area contributed by atoms with E-state index >= 15 is 0 Å². The number of hydrogen-bond acceptors (Lipinski definition) is 3. The standard InChI is InChI=1S/C10H11N3/c1-11-8-6-10-9(13-7-8)4-2-3-5-12-10/h2,4-7,11H,3H2,1H3. The lowest BCUT2D eigenvalue weighted by Crippen LogP contribution is -1.90. The average Bonchev–Trinajstić information content (AvgIpc) is 2.41. The van der Waals surface area contributed by atoms with Crippen molar-refractivity contribution in [1.29, 1.82) is 0 Å². The second-order valence-corrected chi connectivity index (χ2v) is 2.83. The summed E-state index contributed by atoms with van der Waals surface area (Å²) >= 11 is 0. The van der Waals surface area contributed by atoms with E-state index in [9.17, 15) is 0 Å². The molecule has 1 N–H and O–H groups in total. The van der Waals surface area contributed by atoms with Gasteiger partial charge >= 0.3 is 0 Å². The van der Waals surface area contributed by atoms with Crippen LogP contribution in [0.25, 0.3) is 6.08 Å². The number of pyridine rings is 1. The zero-order valence-electron chi connectivity index (χ0n) is 7.49. The number of hydrogen-bond donors (Lipinski definition) is 1. The summed E-state index contributed by atoms with van der Waals surface area (Å²) in [5.74, 6) is 0. The van der Waals surface area contributed by atoms with E-state index in [0.717, 1.165) is 23.5 Å². The van der Waals surface area contributed by atoms with Gasteiger partial charge in [0.15, 0.2) is 0 Å². The predicted octanol–water partition coefficient (Wildman–Crippen LogP) is 2.24. The molecule has 0 aromatic carbocycles. The molecule has 0 saturated carbocycles. The zero-order chi connectivity index (χ0) is 9.10. The third-order valence-electron chi connectivity index (χ3n) is 1.93. The molecular formula is C10H11N3. The van der Waals surface area contributed by atoms with E-state index in [1.807, 2.05) is 31.6 Å². The number of fused-ring (bicyclic) bond motifs is 1. The van der Waals surface area contributed by atoms with Crippen molar-refractivity contribution >= 4 is 23.7 Å². The lowest BCUT2D eigenvalue weighted by atomic mass is 10.2. The molecule has 0 aliphatic carbocycles. The Hall–Kier alpha value is -1.64. The monoisotopic (exact) mass is 173 g/mol. The van der Waals surface area contributed by atoms with Crippen LogP contribution in [-0.2, 0) is 0 Å². The van der Waals surface area contributed by atoms with Crippen LogP contribution in [0.5, 0.6) is 0 Å². The summed E-state index contributed by atoms with van der Waals surface area (Å²) in [5, 5.41) is 3.04. The molecule has 2 heterocycles. The number of rotatable bonds is 1. The van der Waals surface area contributed by atoms with Crippen LogP contribution in [0.3, 0.4) is 0 Å². The van der Waals surface area contributed by atoms with Gasteiger partial charge in [0.25, 0.3) is 0 Å². The zero-order valence-corrected chi connectivity index (χ0v) is 7.49. The van der Waals surface area contributed by atoms with Gasteiger partial charge in [-0.05, 0) is 12.1 Å². The summed E-state index contributed by atoms with van der Waals surface area (Å²) in [4.78, 5) is 8.59. The number of anilines is 1. The number of nitrogens with one attached hydrogen (secondary N) is 1. The van der Waals surface area contributed by atoms with E-state index in [1.54, 1.807) is 0 Å². The van der Waals surface area contributed by atoms with E-state index in [0.29, 0.717) is 0 Å². The second-order valence-electron chi connectivity index (χ2n) is 2.83. The van der Waals surface area contributed by atoms with Gasteiger partial charge in [0.1, 0.15) is 0 Å². The molecule has 3 nitrogen and oxygen atoms in total. The summed E-state index contributed by atoms with van der Waals surface area (Å²) in [6, 6.07) is 1.99. The van der Waals surface area contributed by atoms with Crippen LogP contribution < -0.4 is 5.32 Å². The van der Waals surface area contributed by atoms with Crippen molar-refractivity contribution in [2.75, 3.05) is 12.4 Å². The first-order chi connectivity index (χ1) is 6.40. The Morgan fingerprint density at radius 1 is 1.46 bits per heavy atom. The molecule has 0 amide bonds. The van der Waals surface area contributed by atoms with E-state index in [4.69, 9.17) is 0 Å². The maximum atomic E-state index is 4.31. The van der Waals surface area contributed by atoms with E-state index in [2.05, 4.69) is 21.4 Å².